The molecule has 2 aromatic carbocycles. The molecule has 176 valence electrons. The zero-order chi connectivity index (χ0) is 23.8. The minimum atomic E-state index is -3.67. The molecule has 0 bridgehead atoms. The molecular weight excluding hydrogens is 442 g/mol. The number of piperidine rings is 1. The molecule has 33 heavy (non-hydrogen) atoms. The van der Waals surface area contributed by atoms with Crippen LogP contribution in [0.25, 0.3) is 0 Å². The van der Waals surface area contributed by atoms with Crippen LogP contribution in [0.5, 0.6) is 0 Å². The number of alkyl carbamates (subject to hydrolysis) is 1. The van der Waals surface area contributed by atoms with Gasteiger partial charge >= 0.3 is 6.09 Å². The molecule has 2 amide bonds. The number of hydrogen-bond donors (Lipinski definition) is 2. The van der Waals surface area contributed by atoms with E-state index in [1.54, 1.807) is 24.3 Å². The third-order valence-corrected chi connectivity index (χ3v) is 7.55. The molecule has 0 saturated carbocycles. The number of nitrogens with zero attached hydrogens (tertiary/aromatic N) is 1. The first-order valence-corrected chi connectivity index (χ1v) is 12.2. The van der Waals surface area contributed by atoms with E-state index in [4.69, 9.17) is 4.74 Å². The third-order valence-electron chi connectivity index (χ3n) is 5.53. The monoisotopic (exact) mass is 471 g/mol. The van der Waals surface area contributed by atoms with Crippen molar-refractivity contribution in [1.29, 1.82) is 0 Å². The zero-order valence-electron chi connectivity index (χ0n) is 18.6. The van der Waals surface area contributed by atoms with Crippen LogP contribution in [0.2, 0.25) is 0 Å². The molecule has 3 rings (SSSR count). The molecule has 2 atom stereocenters. The number of amides is 2. The average Bonchev–Trinajstić information content (AvgIpc) is 2.82. The summed E-state index contributed by atoms with van der Waals surface area (Å²) in [6.45, 7) is 6.00. The predicted molar refractivity (Wildman–Crippen MR) is 125 cm³/mol. The van der Waals surface area contributed by atoms with Crippen LogP contribution >= 0.6 is 0 Å². The zero-order valence-corrected chi connectivity index (χ0v) is 19.4. The molecule has 1 heterocycles. The van der Waals surface area contributed by atoms with Gasteiger partial charge in [-0.2, -0.15) is 4.31 Å². The van der Waals surface area contributed by atoms with Crippen LogP contribution in [0.3, 0.4) is 0 Å². The number of ether oxygens (including phenoxy) is 1. The lowest BCUT2D eigenvalue weighted by Crippen LogP contribution is -2.50. The van der Waals surface area contributed by atoms with Gasteiger partial charge in [0, 0.05) is 25.2 Å². The number of sulfonamides is 1. The number of nitrogens with one attached hydrogen (secondary N) is 2. The standard InChI is InChI=1S/C24H29N3O5S/c1-3-23(28)26-21-13-14-27(18(2)15-21)33(30,31)22-11-9-19(10-12-22)16-25-24(29)32-17-20-7-5-4-6-8-20/h3-12,18,21H,1,13-17H2,2H3,(H,25,29)(H,26,28). The first kappa shape index (κ1) is 24.5. The van der Waals surface area contributed by atoms with Crippen molar-refractivity contribution in [3.8, 4) is 0 Å². The summed E-state index contributed by atoms with van der Waals surface area (Å²) >= 11 is 0. The first-order chi connectivity index (χ1) is 15.8. The molecule has 1 saturated heterocycles. The number of carbonyl (C=O) groups is 2. The Labute approximate surface area is 194 Å². The van der Waals surface area contributed by atoms with Gasteiger partial charge in [0.2, 0.25) is 15.9 Å². The van der Waals surface area contributed by atoms with Crippen LogP contribution in [-0.4, -0.2) is 43.4 Å². The molecule has 1 aliphatic heterocycles. The second-order valence-corrected chi connectivity index (χ2v) is 9.85. The maximum absolute atomic E-state index is 13.1. The summed E-state index contributed by atoms with van der Waals surface area (Å²) in [7, 11) is -3.67. The van der Waals surface area contributed by atoms with E-state index in [2.05, 4.69) is 17.2 Å². The van der Waals surface area contributed by atoms with E-state index < -0.39 is 16.1 Å². The second kappa shape index (κ2) is 11.1. The van der Waals surface area contributed by atoms with Crippen molar-refractivity contribution < 1.29 is 22.7 Å². The fourth-order valence-electron chi connectivity index (χ4n) is 3.76. The Morgan fingerprint density at radius 3 is 2.45 bits per heavy atom. The molecule has 8 nitrogen and oxygen atoms in total. The van der Waals surface area contributed by atoms with Gasteiger partial charge in [-0.25, -0.2) is 13.2 Å². The van der Waals surface area contributed by atoms with Crippen LogP contribution in [0, 0.1) is 0 Å². The van der Waals surface area contributed by atoms with Crippen LogP contribution < -0.4 is 10.6 Å². The van der Waals surface area contributed by atoms with Gasteiger partial charge in [-0.05, 0) is 49.1 Å². The van der Waals surface area contributed by atoms with E-state index >= 15 is 0 Å². The van der Waals surface area contributed by atoms with Gasteiger partial charge in [-0.1, -0.05) is 49.0 Å². The fourth-order valence-corrected chi connectivity index (χ4v) is 5.42. The molecule has 2 aromatic rings. The van der Waals surface area contributed by atoms with E-state index in [0.717, 1.165) is 11.1 Å². The van der Waals surface area contributed by atoms with Gasteiger partial charge < -0.3 is 15.4 Å². The van der Waals surface area contributed by atoms with Crippen LogP contribution in [0.15, 0.2) is 72.1 Å². The Balaban J connectivity index is 1.52. The maximum atomic E-state index is 13.1. The summed E-state index contributed by atoms with van der Waals surface area (Å²) < 4.78 is 32.9. The van der Waals surface area contributed by atoms with E-state index in [0.29, 0.717) is 19.4 Å². The quantitative estimate of drug-likeness (QED) is 0.576. The van der Waals surface area contributed by atoms with E-state index in [1.165, 1.54) is 10.4 Å². The molecule has 1 aliphatic rings. The highest BCUT2D eigenvalue weighted by molar-refractivity contribution is 7.89. The molecule has 2 unspecified atom stereocenters. The Morgan fingerprint density at radius 1 is 1.12 bits per heavy atom. The summed E-state index contributed by atoms with van der Waals surface area (Å²) in [5.41, 5.74) is 1.65. The lowest BCUT2D eigenvalue weighted by molar-refractivity contribution is -0.117. The van der Waals surface area contributed by atoms with Crippen molar-refractivity contribution in [2.75, 3.05) is 6.54 Å². The van der Waals surface area contributed by atoms with Crippen molar-refractivity contribution in [3.63, 3.8) is 0 Å². The highest BCUT2D eigenvalue weighted by atomic mass is 32.2. The highest BCUT2D eigenvalue weighted by Gasteiger charge is 2.34. The number of carbonyl (C=O) groups excluding carboxylic acids is 2. The molecule has 0 aromatic heterocycles. The highest BCUT2D eigenvalue weighted by Crippen LogP contribution is 2.25. The number of rotatable bonds is 8. The molecule has 9 heteroatoms. The number of benzene rings is 2. The van der Waals surface area contributed by atoms with Crippen LogP contribution in [0.4, 0.5) is 4.79 Å². The SMILES string of the molecule is C=CC(=O)NC1CCN(S(=O)(=O)c2ccc(CNC(=O)OCc3ccccc3)cc2)C(C)C1. The number of hydrogen-bond acceptors (Lipinski definition) is 5. The van der Waals surface area contributed by atoms with Crippen LogP contribution in [-0.2, 0) is 32.7 Å². The largest absolute Gasteiger partial charge is 0.445 e. The van der Waals surface area contributed by atoms with Crippen molar-refractivity contribution in [2.45, 2.75) is 49.9 Å². The second-order valence-electron chi connectivity index (χ2n) is 7.96. The van der Waals surface area contributed by atoms with E-state index in [9.17, 15) is 18.0 Å². The van der Waals surface area contributed by atoms with E-state index in [-0.39, 0.29) is 36.0 Å². The maximum Gasteiger partial charge on any atom is 0.407 e. The minimum absolute atomic E-state index is 0.0768. The summed E-state index contributed by atoms with van der Waals surface area (Å²) in [6, 6.07) is 15.5. The lowest BCUT2D eigenvalue weighted by Gasteiger charge is -2.36. The first-order valence-electron chi connectivity index (χ1n) is 10.8. The summed E-state index contributed by atoms with van der Waals surface area (Å²) in [6.07, 6.45) is 1.74. The molecule has 2 N–H and O–H groups in total. The van der Waals surface area contributed by atoms with Crippen molar-refractivity contribution in [1.82, 2.24) is 14.9 Å². The van der Waals surface area contributed by atoms with Gasteiger partial charge in [-0.15, -0.1) is 0 Å². The third kappa shape index (κ3) is 6.66. The topological polar surface area (TPSA) is 105 Å². The van der Waals surface area contributed by atoms with Crippen molar-refractivity contribution >= 4 is 22.0 Å². The smallest absolute Gasteiger partial charge is 0.407 e. The molecule has 1 fully saturated rings. The van der Waals surface area contributed by atoms with Crippen LogP contribution in [0.1, 0.15) is 30.9 Å². The van der Waals surface area contributed by atoms with Gasteiger partial charge in [-0.3, -0.25) is 4.79 Å². The van der Waals surface area contributed by atoms with Gasteiger partial charge in [0.1, 0.15) is 6.61 Å². The van der Waals surface area contributed by atoms with Gasteiger partial charge in [0.15, 0.2) is 0 Å². The molecule has 0 spiro atoms. The van der Waals surface area contributed by atoms with Crippen molar-refractivity contribution in [2.24, 2.45) is 0 Å². The van der Waals surface area contributed by atoms with Gasteiger partial charge in [0.05, 0.1) is 4.90 Å². The van der Waals surface area contributed by atoms with Crippen molar-refractivity contribution in [3.05, 3.63) is 78.4 Å². The molecule has 0 radical (unpaired) electrons. The predicted octanol–water partition coefficient (Wildman–Crippen LogP) is 2.96. The molecule has 0 aliphatic carbocycles. The molecular formula is C24H29N3O5S. The summed E-state index contributed by atoms with van der Waals surface area (Å²) in [5, 5.41) is 5.50. The minimum Gasteiger partial charge on any atom is -0.445 e. The normalized spacial score (nSPS) is 18.8. The summed E-state index contributed by atoms with van der Waals surface area (Å²) in [4.78, 5) is 23.6. The Bertz CT molecular complexity index is 1070. The lowest BCUT2D eigenvalue weighted by atomic mass is 10.0. The Hall–Kier alpha value is -3.17. The average molecular weight is 472 g/mol. The Kier molecular flexibility index (Phi) is 8.24. The Morgan fingerprint density at radius 2 is 1.82 bits per heavy atom. The fraction of sp³-hybridized carbons (Fsp3) is 0.333. The van der Waals surface area contributed by atoms with Gasteiger partial charge in [0.25, 0.3) is 0 Å². The van der Waals surface area contributed by atoms with E-state index in [1.807, 2.05) is 37.3 Å². The summed E-state index contributed by atoms with van der Waals surface area (Å²) in [5.74, 6) is -0.253.